The molecular weight excluding hydrogens is 292 g/mol. The van der Waals surface area contributed by atoms with Gasteiger partial charge in [0.25, 0.3) is 0 Å². The van der Waals surface area contributed by atoms with Crippen LogP contribution in [0.4, 0.5) is 16.4 Å². The molecule has 1 saturated heterocycles. The minimum atomic E-state index is -0.0379. The minimum absolute atomic E-state index is 0.0379. The van der Waals surface area contributed by atoms with Gasteiger partial charge in [-0.1, -0.05) is 30.3 Å². The molecular formula is C17H22N4O2. The second kappa shape index (κ2) is 6.73. The lowest BCUT2D eigenvalue weighted by atomic mass is 9.94. The maximum absolute atomic E-state index is 12.4. The Hall–Kier alpha value is -2.50. The van der Waals surface area contributed by atoms with Crippen molar-refractivity contribution in [3.05, 3.63) is 41.6 Å². The minimum Gasteiger partial charge on any atom is -0.368 e. The fraction of sp³-hybridized carbons (Fsp3) is 0.412. The Morgan fingerprint density at radius 1 is 1.39 bits per heavy atom. The first-order valence-electron chi connectivity index (χ1n) is 8.03. The molecule has 0 atom stereocenters. The van der Waals surface area contributed by atoms with Crippen LogP contribution in [0.1, 0.15) is 36.9 Å². The summed E-state index contributed by atoms with van der Waals surface area (Å²) in [5.41, 5.74) is 8.50. The molecule has 3 rings (SSSR count). The monoisotopic (exact) mass is 314 g/mol. The van der Waals surface area contributed by atoms with Gasteiger partial charge in [-0.05, 0) is 30.9 Å². The van der Waals surface area contributed by atoms with E-state index in [1.807, 2.05) is 29.2 Å². The summed E-state index contributed by atoms with van der Waals surface area (Å²) >= 11 is 0. The van der Waals surface area contributed by atoms with E-state index >= 15 is 0 Å². The number of amides is 2. The number of hydrogen-bond acceptors (Lipinski definition) is 4. The number of anilines is 2. The van der Waals surface area contributed by atoms with Crippen LogP contribution < -0.4 is 11.1 Å². The molecule has 2 heterocycles. The quantitative estimate of drug-likeness (QED) is 0.911. The lowest BCUT2D eigenvalue weighted by Gasteiger charge is -2.31. The highest BCUT2D eigenvalue weighted by molar-refractivity contribution is 5.90. The van der Waals surface area contributed by atoms with E-state index in [4.69, 9.17) is 10.3 Å². The van der Waals surface area contributed by atoms with Crippen LogP contribution in [0.3, 0.4) is 0 Å². The summed E-state index contributed by atoms with van der Waals surface area (Å²) in [6.07, 6.45) is 2.63. The van der Waals surface area contributed by atoms with Crippen LogP contribution in [-0.4, -0.2) is 29.2 Å². The molecule has 1 aliphatic rings. The van der Waals surface area contributed by atoms with Gasteiger partial charge in [0.05, 0.1) is 5.69 Å². The summed E-state index contributed by atoms with van der Waals surface area (Å²) < 4.78 is 4.93. The average molecular weight is 314 g/mol. The number of carbonyl (C=O) groups excluding carboxylic acids is 1. The van der Waals surface area contributed by atoms with Gasteiger partial charge in [-0.25, -0.2) is 4.79 Å². The Morgan fingerprint density at radius 2 is 2.13 bits per heavy atom. The third-order valence-electron chi connectivity index (χ3n) is 4.39. The summed E-state index contributed by atoms with van der Waals surface area (Å²) in [6, 6.07) is 9.65. The first kappa shape index (κ1) is 15.4. The Kier molecular flexibility index (Phi) is 4.50. The molecule has 122 valence electrons. The summed E-state index contributed by atoms with van der Waals surface area (Å²) in [6.45, 7) is 3.50. The molecule has 2 aromatic rings. The number of benzene rings is 1. The third-order valence-corrected chi connectivity index (χ3v) is 4.39. The zero-order chi connectivity index (χ0) is 16.2. The molecule has 0 saturated carbocycles. The van der Waals surface area contributed by atoms with Crippen molar-refractivity contribution in [2.75, 3.05) is 24.1 Å². The van der Waals surface area contributed by atoms with Crippen LogP contribution in [0.5, 0.6) is 0 Å². The smallest absolute Gasteiger partial charge is 0.321 e. The van der Waals surface area contributed by atoms with E-state index in [9.17, 15) is 4.79 Å². The molecule has 0 aliphatic carbocycles. The van der Waals surface area contributed by atoms with Crippen molar-refractivity contribution < 1.29 is 9.32 Å². The third kappa shape index (κ3) is 3.47. The van der Waals surface area contributed by atoms with Gasteiger partial charge < -0.3 is 20.5 Å². The summed E-state index contributed by atoms with van der Waals surface area (Å²) in [7, 11) is 0. The largest absolute Gasteiger partial charge is 0.368 e. The normalized spacial score (nSPS) is 15.6. The summed E-state index contributed by atoms with van der Waals surface area (Å²) in [4.78, 5) is 14.3. The van der Waals surface area contributed by atoms with Crippen molar-refractivity contribution in [2.45, 2.75) is 32.1 Å². The van der Waals surface area contributed by atoms with Gasteiger partial charge in [0.1, 0.15) is 0 Å². The van der Waals surface area contributed by atoms with Crippen LogP contribution in [0.15, 0.2) is 34.9 Å². The Balaban J connectivity index is 1.58. The number of aryl methyl sites for hydroxylation is 1. The number of nitrogens with two attached hydrogens (primary N) is 1. The molecule has 6 nitrogen and oxygen atoms in total. The number of piperidine rings is 1. The topological polar surface area (TPSA) is 84.4 Å². The fourth-order valence-corrected chi connectivity index (χ4v) is 3.02. The van der Waals surface area contributed by atoms with Crippen LogP contribution in [0.25, 0.3) is 0 Å². The maximum Gasteiger partial charge on any atom is 0.321 e. The Morgan fingerprint density at radius 3 is 2.78 bits per heavy atom. The van der Waals surface area contributed by atoms with E-state index in [2.05, 4.69) is 17.4 Å². The number of aromatic nitrogens is 1. The van der Waals surface area contributed by atoms with Crippen LogP contribution >= 0.6 is 0 Å². The second-order valence-corrected chi connectivity index (χ2v) is 5.86. The van der Waals surface area contributed by atoms with Crippen molar-refractivity contribution in [3.8, 4) is 0 Å². The Labute approximate surface area is 135 Å². The zero-order valence-corrected chi connectivity index (χ0v) is 13.3. The van der Waals surface area contributed by atoms with Crippen molar-refractivity contribution in [1.29, 1.82) is 0 Å². The van der Waals surface area contributed by atoms with Gasteiger partial charge in [-0.3, -0.25) is 0 Å². The van der Waals surface area contributed by atoms with Gasteiger partial charge in [-0.2, -0.15) is 0 Å². The van der Waals surface area contributed by atoms with Crippen LogP contribution in [0.2, 0.25) is 0 Å². The van der Waals surface area contributed by atoms with Gasteiger partial charge in [-0.15, -0.1) is 0 Å². The molecule has 1 fully saturated rings. The predicted octanol–water partition coefficient (Wildman–Crippen LogP) is 3.23. The van der Waals surface area contributed by atoms with Gasteiger partial charge in [0.15, 0.2) is 0 Å². The predicted molar refractivity (Wildman–Crippen MR) is 89.3 cm³/mol. The highest BCUT2D eigenvalue weighted by atomic mass is 16.5. The van der Waals surface area contributed by atoms with E-state index in [0.29, 0.717) is 24.9 Å². The molecule has 0 unspecified atom stereocenters. The molecule has 1 aromatic carbocycles. The highest BCUT2D eigenvalue weighted by Crippen LogP contribution is 2.28. The molecule has 0 spiro atoms. The second-order valence-electron chi connectivity index (χ2n) is 5.86. The number of nitrogens with zero attached hydrogens (tertiary/aromatic N) is 2. The highest BCUT2D eigenvalue weighted by Gasteiger charge is 2.26. The first-order chi connectivity index (χ1) is 11.2. The molecule has 3 N–H and O–H groups in total. The van der Waals surface area contributed by atoms with Gasteiger partial charge in [0, 0.05) is 30.8 Å². The average Bonchev–Trinajstić information content (AvgIpc) is 3.02. The molecule has 1 aliphatic heterocycles. The maximum atomic E-state index is 12.4. The lowest BCUT2D eigenvalue weighted by Crippen LogP contribution is -2.40. The van der Waals surface area contributed by atoms with Crippen molar-refractivity contribution in [2.24, 2.45) is 0 Å². The number of hydrogen-bond donors (Lipinski definition) is 2. The number of carbonyl (C=O) groups is 1. The van der Waals surface area contributed by atoms with Crippen LogP contribution in [-0.2, 0) is 6.42 Å². The molecule has 6 heteroatoms. The van der Waals surface area contributed by atoms with E-state index in [-0.39, 0.29) is 6.03 Å². The molecule has 23 heavy (non-hydrogen) atoms. The van der Waals surface area contributed by atoms with E-state index in [0.717, 1.165) is 36.2 Å². The summed E-state index contributed by atoms with van der Waals surface area (Å²) in [5.74, 6) is 0.652. The standard InChI is InChI=1S/C17H22N4O2/c1-2-12-5-3-4-6-14(12)19-17(22)21-9-7-13(8-10-21)15-11-16(18)23-20-15/h3-6,11,13H,2,7-10,18H2,1H3,(H,19,22). The Bertz CT molecular complexity index is 675. The number of rotatable bonds is 3. The lowest BCUT2D eigenvalue weighted by molar-refractivity contribution is 0.193. The molecule has 1 aromatic heterocycles. The number of para-hydroxylation sites is 1. The van der Waals surface area contributed by atoms with Crippen LogP contribution in [0, 0.1) is 0 Å². The van der Waals surface area contributed by atoms with Crippen molar-refractivity contribution in [3.63, 3.8) is 0 Å². The number of nitrogen functional groups attached to an aromatic ring is 1. The first-order valence-corrected chi connectivity index (χ1v) is 8.03. The fourth-order valence-electron chi connectivity index (χ4n) is 3.02. The molecule has 2 amide bonds. The van der Waals surface area contributed by atoms with Gasteiger partial charge >= 0.3 is 6.03 Å². The van der Waals surface area contributed by atoms with E-state index in [1.165, 1.54) is 0 Å². The molecule has 0 bridgehead atoms. The number of urea groups is 1. The zero-order valence-electron chi connectivity index (χ0n) is 13.3. The van der Waals surface area contributed by atoms with E-state index in [1.54, 1.807) is 6.07 Å². The van der Waals surface area contributed by atoms with Gasteiger partial charge in [0.2, 0.25) is 5.88 Å². The van der Waals surface area contributed by atoms with E-state index < -0.39 is 0 Å². The molecule has 0 radical (unpaired) electrons. The number of nitrogens with one attached hydrogen (secondary N) is 1. The number of likely N-dealkylation sites (tertiary alicyclic amines) is 1. The van der Waals surface area contributed by atoms with Crippen molar-refractivity contribution >= 4 is 17.6 Å². The van der Waals surface area contributed by atoms with Crippen molar-refractivity contribution in [1.82, 2.24) is 10.1 Å². The SMILES string of the molecule is CCc1ccccc1NC(=O)N1CCC(c2cc(N)on2)CC1. The summed E-state index contributed by atoms with van der Waals surface area (Å²) in [5, 5.41) is 7.00.